The second-order valence-electron chi connectivity index (χ2n) is 7.50. The Bertz CT molecular complexity index is 463. The van der Waals surface area contributed by atoms with Crippen molar-refractivity contribution >= 4 is 5.69 Å². The molecule has 1 aromatic rings. The first kappa shape index (κ1) is 15.9. The van der Waals surface area contributed by atoms with Gasteiger partial charge in [-0.15, -0.1) is 0 Å². The van der Waals surface area contributed by atoms with Gasteiger partial charge >= 0.3 is 0 Å². The smallest absolute Gasteiger partial charge is 0.0369 e. The summed E-state index contributed by atoms with van der Waals surface area (Å²) < 4.78 is 0. The number of hydrogen-bond donors (Lipinski definition) is 0. The molecular formula is C20H32N2. The van der Waals surface area contributed by atoms with Crippen LogP contribution in [0.25, 0.3) is 0 Å². The lowest BCUT2D eigenvalue weighted by atomic mass is 9.92. The first-order chi connectivity index (χ1) is 10.7. The van der Waals surface area contributed by atoms with E-state index < -0.39 is 0 Å². The van der Waals surface area contributed by atoms with Crippen LogP contribution in [0.1, 0.15) is 57.9 Å². The van der Waals surface area contributed by atoms with Crippen LogP contribution in [0.5, 0.6) is 0 Å². The highest BCUT2D eigenvalue weighted by atomic mass is 15.2. The topological polar surface area (TPSA) is 6.48 Å². The fraction of sp³-hybridized carbons (Fsp3) is 0.700. The van der Waals surface area contributed by atoms with Crippen LogP contribution in [0.15, 0.2) is 24.3 Å². The third-order valence-corrected chi connectivity index (χ3v) is 5.45. The van der Waals surface area contributed by atoms with Gasteiger partial charge in [-0.2, -0.15) is 0 Å². The Kier molecular flexibility index (Phi) is 5.41. The normalized spacial score (nSPS) is 24.0. The quantitative estimate of drug-likeness (QED) is 0.796. The minimum Gasteiger partial charge on any atom is -0.372 e. The number of piperidine rings is 2. The van der Waals surface area contributed by atoms with Crippen molar-refractivity contribution in [3.63, 3.8) is 0 Å². The third kappa shape index (κ3) is 3.84. The van der Waals surface area contributed by atoms with Crippen molar-refractivity contribution in [2.24, 2.45) is 5.92 Å². The molecule has 2 aliphatic rings. The maximum atomic E-state index is 2.73. The van der Waals surface area contributed by atoms with Crippen molar-refractivity contribution in [2.75, 3.05) is 24.5 Å². The van der Waals surface area contributed by atoms with Crippen LogP contribution in [0.4, 0.5) is 5.69 Å². The third-order valence-electron chi connectivity index (χ3n) is 5.45. The second kappa shape index (κ2) is 7.50. The number of anilines is 1. The number of nitrogens with zero attached hydrogens (tertiary/aromatic N) is 2. The molecule has 0 bridgehead atoms. The van der Waals surface area contributed by atoms with Gasteiger partial charge in [-0.1, -0.05) is 32.4 Å². The van der Waals surface area contributed by atoms with E-state index in [1.165, 1.54) is 69.4 Å². The Labute approximate surface area is 136 Å². The van der Waals surface area contributed by atoms with E-state index in [1.54, 1.807) is 0 Å². The zero-order valence-electron chi connectivity index (χ0n) is 14.4. The van der Waals surface area contributed by atoms with Gasteiger partial charge in [-0.3, -0.25) is 4.90 Å². The summed E-state index contributed by atoms with van der Waals surface area (Å²) >= 11 is 0. The molecule has 0 spiro atoms. The van der Waals surface area contributed by atoms with Gasteiger partial charge in [0.05, 0.1) is 0 Å². The minimum absolute atomic E-state index is 0.769. The molecule has 0 N–H and O–H groups in total. The monoisotopic (exact) mass is 300 g/mol. The maximum absolute atomic E-state index is 2.73. The summed E-state index contributed by atoms with van der Waals surface area (Å²) in [5, 5.41) is 0. The fourth-order valence-electron chi connectivity index (χ4n) is 4.21. The first-order valence-electron chi connectivity index (χ1n) is 9.32. The van der Waals surface area contributed by atoms with E-state index in [0.29, 0.717) is 0 Å². The van der Waals surface area contributed by atoms with E-state index in [9.17, 15) is 0 Å². The summed E-state index contributed by atoms with van der Waals surface area (Å²) in [4.78, 5) is 5.30. The zero-order chi connectivity index (χ0) is 15.4. The Morgan fingerprint density at radius 2 is 1.77 bits per heavy atom. The van der Waals surface area contributed by atoms with Crippen LogP contribution in [0.2, 0.25) is 0 Å². The van der Waals surface area contributed by atoms with Gasteiger partial charge in [-0.25, -0.2) is 0 Å². The highest BCUT2D eigenvalue weighted by Crippen LogP contribution is 2.26. The van der Waals surface area contributed by atoms with Crippen molar-refractivity contribution in [2.45, 2.75) is 65.0 Å². The van der Waals surface area contributed by atoms with Crippen LogP contribution in [-0.2, 0) is 6.54 Å². The van der Waals surface area contributed by atoms with Crippen molar-refractivity contribution in [3.8, 4) is 0 Å². The SMILES string of the molecule is CC(C)C1CCCCN1Cc1cccc(N2CCCCC2)c1. The molecule has 0 aromatic heterocycles. The highest BCUT2D eigenvalue weighted by molar-refractivity contribution is 5.48. The van der Waals surface area contributed by atoms with Crippen molar-refractivity contribution < 1.29 is 0 Å². The highest BCUT2D eigenvalue weighted by Gasteiger charge is 2.25. The summed E-state index contributed by atoms with van der Waals surface area (Å²) in [5.74, 6) is 0.769. The van der Waals surface area contributed by atoms with E-state index in [2.05, 4.69) is 47.9 Å². The molecule has 1 atom stereocenters. The predicted octanol–water partition coefficient (Wildman–Crippen LogP) is 4.69. The largest absolute Gasteiger partial charge is 0.372 e. The molecule has 0 saturated carbocycles. The summed E-state index contributed by atoms with van der Waals surface area (Å²) in [6, 6.07) is 10.1. The van der Waals surface area contributed by atoms with E-state index in [0.717, 1.165) is 18.5 Å². The van der Waals surface area contributed by atoms with Crippen LogP contribution < -0.4 is 4.90 Å². The van der Waals surface area contributed by atoms with Crippen molar-refractivity contribution in [1.82, 2.24) is 4.90 Å². The number of likely N-dealkylation sites (tertiary alicyclic amines) is 1. The number of rotatable bonds is 4. The molecule has 2 nitrogen and oxygen atoms in total. The first-order valence-corrected chi connectivity index (χ1v) is 9.32. The molecule has 1 aromatic carbocycles. The molecule has 1 unspecified atom stereocenters. The molecule has 2 heteroatoms. The molecule has 2 fully saturated rings. The van der Waals surface area contributed by atoms with E-state index in [-0.39, 0.29) is 0 Å². The molecule has 0 amide bonds. The predicted molar refractivity (Wildman–Crippen MR) is 95.4 cm³/mol. The minimum atomic E-state index is 0.769. The summed E-state index contributed by atoms with van der Waals surface area (Å²) in [7, 11) is 0. The maximum Gasteiger partial charge on any atom is 0.0369 e. The van der Waals surface area contributed by atoms with Gasteiger partial charge in [-0.05, 0) is 62.3 Å². The van der Waals surface area contributed by atoms with Gasteiger partial charge in [0, 0.05) is 31.4 Å². The van der Waals surface area contributed by atoms with Gasteiger partial charge in [0.2, 0.25) is 0 Å². The summed E-state index contributed by atoms with van der Waals surface area (Å²) in [6.07, 6.45) is 8.27. The Balaban J connectivity index is 1.68. The lowest BCUT2D eigenvalue weighted by Gasteiger charge is -2.38. The van der Waals surface area contributed by atoms with Crippen LogP contribution in [-0.4, -0.2) is 30.6 Å². The van der Waals surface area contributed by atoms with E-state index >= 15 is 0 Å². The standard InChI is InChI=1S/C20H32N2/c1-17(2)20-11-4-7-14-22(20)16-18-9-8-10-19(15-18)21-12-5-3-6-13-21/h8-10,15,17,20H,3-7,11-14,16H2,1-2H3. The van der Waals surface area contributed by atoms with Crippen LogP contribution in [0, 0.1) is 5.92 Å². The molecule has 2 heterocycles. The van der Waals surface area contributed by atoms with Gasteiger partial charge in [0.1, 0.15) is 0 Å². The molecule has 0 aliphatic carbocycles. The Hall–Kier alpha value is -1.02. The van der Waals surface area contributed by atoms with Crippen LogP contribution >= 0.6 is 0 Å². The van der Waals surface area contributed by atoms with Gasteiger partial charge < -0.3 is 4.90 Å². The summed E-state index contributed by atoms with van der Waals surface area (Å²) in [6.45, 7) is 9.64. The van der Waals surface area contributed by atoms with Gasteiger partial charge in [0.15, 0.2) is 0 Å². The zero-order valence-corrected chi connectivity index (χ0v) is 14.4. The number of benzene rings is 1. The molecular weight excluding hydrogens is 268 g/mol. The van der Waals surface area contributed by atoms with Crippen molar-refractivity contribution in [3.05, 3.63) is 29.8 Å². The summed E-state index contributed by atoms with van der Waals surface area (Å²) in [5.41, 5.74) is 2.94. The van der Waals surface area contributed by atoms with Gasteiger partial charge in [0.25, 0.3) is 0 Å². The molecule has 3 rings (SSSR count). The van der Waals surface area contributed by atoms with Crippen molar-refractivity contribution in [1.29, 1.82) is 0 Å². The Morgan fingerprint density at radius 3 is 2.55 bits per heavy atom. The lowest BCUT2D eigenvalue weighted by molar-refractivity contribution is 0.104. The number of hydrogen-bond acceptors (Lipinski definition) is 2. The molecule has 22 heavy (non-hydrogen) atoms. The van der Waals surface area contributed by atoms with E-state index in [1.807, 2.05) is 0 Å². The molecule has 122 valence electrons. The average Bonchev–Trinajstić information content (AvgIpc) is 2.56. The van der Waals surface area contributed by atoms with E-state index in [4.69, 9.17) is 0 Å². The lowest BCUT2D eigenvalue weighted by Crippen LogP contribution is -2.42. The van der Waals surface area contributed by atoms with Crippen LogP contribution in [0.3, 0.4) is 0 Å². The molecule has 0 radical (unpaired) electrons. The average molecular weight is 300 g/mol. The molecule has 2 saturated heterocycles. The molecule has 2 aliphatic heterocycles. The fourth-order valence-corrected chi connectivity index (χ4v) is 4.21. The Morgan fingerprint density at radius 1 is 1.00 bits per heavy atom. The second-order valence-corrected chi connectivity index (χ2v) is 7.50.